The van der Waals surface area contributed by atoms with Crippen molar-refractivity contribution in [1.29, 1.82) is 0 Å². The van der Waals surface area contributed by atoms with Gasteiger partial charge in [-0.25, -0.2) is 0 Å². The molecule has 0 spiro atoms. The van der Waals surface area contributed by atoms with Crippen LogP contribution >= 0.6 is 0 Å². The molecule has 2 aliphatic rings. The fourth-order valence-electron chi connectivity index (χ4n) is 4.61. The number of nitrogens with zero attached hydrogens (tertiary/aromatic N) is 3. The van der Waals surface area contributed by atoms with E-state index in [9.17, 15) is 4.79 Å². The molecule has 0 aliphatic carbocycles. The van der Waals surface area contributed by atoms with Gasteiger partial charge >= 0.3 is 0 Å². The molecule has 1 amide bonds. The molecule has 2 aliphatic heterocycles. The van der Waals surface area contributed by atoms with E-state index in [2.05, 4.69) is 34.6 Å². The number of aromatic nitrogens is 1. The number of aryl methyl sites for hydroxylation is 2. The molecule has 5 heteroatoms. The predicted molar refractivity (Wildman–Crippen MR) is 108 cm³/mol. The molecule has 4 rings (SSSR count). The lowest BCUT2D eigenvalue weighted by Gasteiger charge is -2.31. The van der Waals surface area contributed by atoms with Crippen molar-refractivity contribution in [3.63, 3.8) is 0 Å². The second-order valence-corrected chi connectivity index (χ2v) is 8.06. The molecule has 1 aromatic carbocycles. The fourth-order valence-corrected chi connectivity index (χ4v) is 4.61. The fraction of sp³-hybridized carbons (Fsp3) is 0.591. The van der Waals surface area contributed by atoms with Gasteiger partial charge in [0.05, 0.1) is 11.6 Å². The summed E-state index contributed by atoms with van der Waals surface area (Å²) in [5, 5.41) is 1.14. The highest BCUT2D eigenvalue weighted by Gasteiger charge is 2.27. The van der Waals surface area contributed by atoms with E-state index in [1.807, 2.05) is 18.0 Å². The number of rotatable bonds is 3. The van der Waals surface area contributed by atoms with Gasteiger partial charge in [-0.05, 0) is 50.9 Å². The molecule has 146 valence electrons. The number of hydrogen-bond donors (Lipinski definition) is 0. The third-order valence-corrected chi connectivity index (χ3v) is 6.02. The molecule has 0 N–H and O–H groups in total. The molecule has 0 radical (unpaired) electrons. The minimum Gasteiger partial charge on any atom is -0.375 e. The molecule has 27 heavy (non-hydrogen) atoms. The second kappa shape index (κ2) is 8.03. The van der Waals surface area contributed by atoms with E-state index in [-0.39, 0.29) is 12.0 Å². The highest BCUT2D eigenvalue weighted by Crippen LogP contribution is 2.24. The Morgan fingerprint density at radius 2 is 1.96 bits per heavy atom. The first-order valence-electron chi connectivity index (χ1n) is 10.3. The van der Waals surface area contributed by atoms with Crippen molar-refractivity contribution < 1.29 is 9.53 Å². The summed E-state index contributed by atoms with van der Waals surface area (Å²) in [7, 11) is 2.00. The largest absolute Gasteiger partial charge is 0.375 e. The van der Waals surface area contributed by atoms with Gasteiger partial charge in [0, 0.05) is 38.7 Å². The Morgan fingerprint density at radius 3 is 2.74 bits per heavy atom. The summed E-state index contributed by atoms with van der Waals surface area (Å²) < 4.78 is 8.14. The molecule has 3 heterocycles. The number of piperidine rings is 1. The van der Waals surface area contributed by atoms with Crippen LogP contribution in [0.4, 0.5) is 0 Å². The maximum atomic E-state index is 13.3. The summed E-state index contributed by atoms with van der Waals surface area (Å²) in [5.41, 5.74) is 3.13. The summed E-state index contributed by atoms with van der Waals surface area (Å²) in [5.74, 6) is 0.127. The van der Waals surface area contributed by atoms with Gasteiger partial charge in [-0.1, -0.05) is 24.6 Å². The van der Waals surface area contributed by atoms with E-state index >= 15 is 0 Å². The van der Waals surface area contributed by atoms with Crippen molar-refractivity contribution in [2.45, 2.75) is 38.7 Å². The van der Waals surface area contributed by atoms with Crippen molar-refractivity contribution >= 4 is 16.8 Å². The Kier molecular flexibility index (Phi) is 5.50. The molecule has 1 atom stereocenters. The number of ether oxygens (including phenoxy) is 1. The average molecular weight is 370 g/mol. The van der Waals surface area contributed by atoms with E-state index in [1.54, 1.807) is 0 Å². The number of para-hydroxylation sites is 1. The smallest absolute Gasteiger partial charge is 0.270 e. The first-order valence-corrected chi connectivity index (χ1v) is 10.3. The van der Waals surface area contributed by atoms with E-state index in [0.29, 0.717) is 6.54 Å². The number of amides is 1. The molecule has 5 nitrogen and oxygen atoms in total. The Bertz CT molecular complexity index is 807. The SMILES string of the molecule is Cc1cccc2cc(C(=O)N3CCCO[C@@H](CN4CCCCC4)C3)n(C)c12. The summed E-state index contributed by atoms with van der Waals surface area (Å²) in [4.78, 5) is 17.8. The van der Waals surface area contributed by atoms with Gasteiger partial charge in [-0.15, -0.1) is 0 Å². The molecule has 2 aromatic rings. The summed E-state index contributed by atoms with van der Waals surface area (Å²) in [6.45, 7) is 7.58. The van der Waals surface area contributed by atoms with E-state index in [1.165, 1.54) is 24.8 Å². The molecule has 2 fully saturated rings. The lowest BCUT2D eigenvalue weighted by Crippen LogP contribution is -2.44. The van der Waals surface area contributed by atoms with Crippen molar-refractivity contribution in [3.8, 4) is 0 Å². The monoisotopic (exact) mass is 369 g/mol. The van der Waals surface area contributed by atoms with E-state index in [0.717, 1.165) is 55.8 Å². The Labute approximate surface area is 161 Å². The van der Waals surface area contributed by atoms with E-state index < -0.39 is 0 Å². The molecule has 1 aromatic heterocycles. The zero-order valence-corrected chi connectivity index (χ0v) is 16.6. The van der Waals surface area contributed by atoms with Crippen molar-refractivity contribution in [2.24, 2.45) is 7.05 Å². The lowest BCUT2D eigenvalue weighted by atomic mass is 10.1. The van der Waals surface area contributed by atoms with Crippen molar-refractivity contribution in [3.05, 3.63) is 35.5 Å². The molecular weight excluding hydrogens is 338 g/mol. The average Bonchev–Trinajstić information content (AvgIpc) is 2.86. The van der Waals surface area contributed by atoms with Crippen molar-refractivity contribution in [1.82, 2.24) is 14.4 Å². The third kappa shape index (κ3) is 3.90. The zero-order chi connectivity index (χ0) is 18.8. The molecule has 0 saturated carbocycles. The normalized spacial score (nSPS) is 22.1. The molecule has 0 unspecified atom stereocenters. The number of hydrogen-bond acceptors (Lipinski definition) is 3. The van der Waals surface area contributed by atoms with Crippen LogP contribution in [-0.4, -0.2) is 65.7 Å². The Hall–Kier alpha value is -1.85. The number of carbonyl (C=O) groups is 1. The minimum absolute atomic E-state index is 0.117. The van der Waals surface area contributed by atoms with Gasteiger partial charge in [-0.2, -0.15) is 0 Å². The van der Waals surface area contributed by atoms with Crippen LogP contribution in [0.3, 0.4) is 0 Å². The maximum absolute atomic E-state index is 13.3. The zero-order valence-electron chi connectivity index (χ0n) is 16.6. The van der Waals surface area contributed by atoms with Gasteiger partial charge in [0.25, 0.3) is 5.91 Å². The Balaban J connectivity index is 1.52. The topological polar surface area (TPSA) is 37.7 Å². The van der Waals surface area contributed by atoms with Gasteiger partial charge in [-0.3, -0.25) is 4.79 Å². The highest BCUT2D eigenvalue weighted by atomic mass is 16.5. The van der Waals surface area contributed by atoms with Crippen LogP contribution in [0.5, 0.6) is 0 Å². The van der Waals surface area contributed by atoms with Gasteiger partial charge in [0.1, 0.15) is 5.69 Å². The molecular formula is C22H31N3O2. The summed E-state index contributed by atoms with van der Waals surface area (Å²) in [6.07, 6.45) is 4.93. The van der Waals surface area contributed by atoms with Gasteiger partial charge in [0.15, 0.2) is 0 Å². The van der Waals surface area contributed by atoms with Crippen molar-refractivity contribution in [2.75, 3.05) is 39.3 Å². The minimum atomic E-state index is 0.117. The van der Waals surface area contributed by atoms with Crippen LogP contribution in [0.15, 0.2) is 24.3 Å². The van der Waals surface area contributed by atoms with Gasteiger partial charge in [0.2, 0.25) is 0 Å². The van der Waals surface area contributed by atoms with Crippen LogP contribution < -0.4 is 0 Å². The molecule has 0 bridgehead atoms. The number of likely N-dealkylation sites (tertiary alicyclic amines) is 1. The first-order chi connectivity index (χ1) is 13.1. The lowest BCUT2D eigenvalue weighted by molar-refractivity contribution is 0.0215. The maximum Gasteiger partial charge on any atom is 0.270 e. The van der Waals surface area contributed by atoms with Crippen LogP contribution in [0, 0.1) is 6.92 Å². The number of fused-ring (bicyclic) bond motifs is 1. The molecule has 2 saturated heterocycles. The second-order valence-electron chi connectivity index (χ2n) is 8.06. The van der Waals surface area contributed by atoms with Gasteiger partial charge < -0.3 is 19.1 Å². The number of benzene rings is 1. The van der Waals surface area contributed by atoms with Crippen LogP contribution in [0.2, 0.25) is 0 Å². The van der Waals surface area contributed by atoms with Crippen LogP contribution in [0.25, 0.3) is 10.9 Å². The quantitative estimate of drug-likeness (QED) is 0.834. The summed E-state index contributed by atoms with van der Waals surface area (Å²) >= 11 is 0. The van der Waals surface area contributed by atoms with E-state index in [4.69, 9.17) is 4.74 Å². The van der Waals surface area contributed by atoms with Crippen LogP contribution in [-0.2, 0) is 11.8 Å². The number of carbonyl (C=O) groups excluding carboxylic acids is 1. The Morgan fingerprint density at radius 1 is 1.15 bits per heavy atom. The van der Waals surface area contributed by atoms with Crippen LogP contribution in [0.1, 0.15) is 41.7 Å². The summed E-state index contributed by atoms with van der Waals surface area (Å²) in [6, 6.07) is 8.28. The first kappa shape index (κ1) is 18.5. The predicted octanol–water partition coefficient (Wildman–Crippen LogP) is 3.20. The standard InChI is InChI=1S/C22H31N3O2/c1-17-8-6-9-18-14-20(23(2)21(17)18)22(26)25-12-7-13-27-19(16-25)15-24-10-4-3-5-11-24/h6,8-9,14,19H,3-5,7,10-13,15-16H2,1-2H3/t19-/m0/s1. The highest BCUT2D eigenvalue weighted by molar-refractivity contribution is 5.99. The third-order valence-electron chi connectivity index (χ3n) is 6.02.